The Labute approximate surface area is 142 Å². The lowest BCUT2D eigenvalue weighted by Crippen LogP contribution is -2.26. The number of aromatic nitrogens is 2. The molecule has 0 radical (unpaired) electrons. The number of benzene rings is 1. The Bertz CT molecular complexity index is 634. The van der Waals surface area contributed by atoms with Gasteiger partial charge in [0.1, 0.15) is 0 Å². The van der Waals surface area contributed by atoms with Crippen LogP contribution < -0.4 is 5.32 Å². The molecule has 23 heavy (non-hydrogen) atoms. The second kappa shape index (κ2) is 8.20. The molecule has 1 N–H and O–H groups in total. The van der Waals surface area contributed by atoms with Gasteiger partial charge in [-0.2, -0.15) is 5.10 Å². The second-order valence-corrected chi connectivity index (χ2v) is 7.70. The van der Waals surface area contributed by atoms with Gasteiger partial charge in [-0.3, -0.25) is 9.48 Å². The molecule has 1 heterocycles. The van der Waals surface area contributed by atoms with Gasteiger partial charge in [0.25, 0.3) is 0 Å². The summed E-state index contributed by atoms with van der Waals surface area (Å²) in [7, 11) is 1.88. The Morgan fingerprint density at radius 2 is 1.96 bits per heavy atom. The second-order valence-electron chi connectivity index (χ2n) is 6.05. The molecule has 0 aliphatic heterocycles. The summed E-state index contributed by atoms with van der Waals surface area (Å²) in [5.74, 6) is 0.0713. The summed E-state index contributed by atoms with van der Waals surface area (Å²) in [5, 5.41) is 7.75. The molecule has 2 aromatic rings. The van der Waals surface area contributed by atoms with Gasteiger partial charge in [-0.15, -0.1) is 11.8 Å². The summed E-state index contributed by atoms with van der Waals surface area (Å²) in [6, 6.07) is 8.46. The molecule has 0 bridgehead atoms. The maximum absolute atomic E-state index is 12.1. The molecule has 2 rings (SSSR count). The van der Waals surface area contributed by atoms with Crippen molar-refractivity contribution in [2.75, 3.05) is 0 Å². The average molecular weight is 331 g/mol. The van der Waals surface area contributed by atoms with E-state index in [9.17, 15) is 4.79 Å². The zero-order valence-electron chi connectivity index (χ0n) is 14.2. The summed E-state index contributed by atoms with van der Waals surface area (Å²) in [5.41, 5.74) is 2.22. The summed E-state index contributed by atoms with van der Waals surface area (Å²) in [6.45, 7) is 6.39. The number of carbonyl (C=O) groups is 1. The van der Waals surface area contributed by atoms with Gasteiger partial charge in [0.15, 0.2) is 0 Å². The molecule has 1 amide bonds. The molecule has 1 atom stereocenters. The highest BCUT2D eigenvalue weighted by Crippen LogP contribution is 2.24. The lowest BCUT2D eigenvalue weighted by Gasteiger charge is -2.15. The van der Waals surface area contributed by atoms with Crippen LogP contribution in [0.3, 0.4) is 0 Å². The van der Waals surface area contributed by atoms with E-state index in [0.717, 1.165) is 17.5 Å². The predicted molar refractivity (Wildman–Crippen MR) is 95.5 cm³/mol. The van der Waals surface area contributed by atoms with Crippen molar-refractivity contribution in [3.63, 3.8) is 0 Å². The number of nitrogens with one attached hydrogen (secondary N) is 1. The maximum atomic E-state index is 12.1. The van der Waals surface area contributed by atoms with Crippen molar-refractivity contribution in [1.29, 1.82) is 0 Å². The van der Waals surface area contributed by atoms with E-state index in [2.05, 4.69) is 48.5 Å². The summed E-state index contributed by atoms with van der Waals surface area (Å²) < 4.78 is 1.76. The Morgan fingerprint density at radius 1 is 1.26 bits per heavy atom. The van der Waals surface area contributed by atoms with Crippen LogP contribution in [0.15, 0.2) is 41.6 Å². The average Bonchev–Trinajstić information content (AvgIpc) is 2.91. The SMILES string of the molecule is CC(C)Sc1ccc([C@H](C)NC(=O)CCc2cnn(C)c2)cc1. The first-order chi connectivity index (χ1) is 10.9. The van der Waals surface area contributed by atoms with Crippen LogP contribution in [0.5, 0.6) is 0 Å². The zero-order valence-corrected chi connectivity index (χ0v) is 15.1. The van der Waals surface area contributed by atoms with Crippen molar-refractivity contribution >= 4 is 17.7 Å². The number of rotatable bonds is 7. The number of amides is 1. The third kappa shape index (κ3) is 5.75. The molecule has 0 saturated heterocycles. The standard InChI is InChI=1S/C18H25N3OS/c1-13(2)23-17-8-6-16(7-9-17)14(3)20-18(22)10-5-15-11-19-21(4)12-15/h6-9,11-14H,5,10H2,1-4H3,(H,20,22)/t14-/m0/s1. The number of hydrogen-bond donors (Lipinski definition) is 1. The smallest absolute Gasteiger partial charge is 0.220 e. The molecule has 124 valence electrons. The van der Waals surface area contributed by atoms with Crippen LogP contribution in [-0.2, 0) is 18.3 Å². The highest BCUT2D eigenvalue weighted by atomic mass is 32.2. The Morgan fingerprint density at radius 3 is 2.52 bits per heavy atom. The highest BCUT2D eigenvalue weighted by molar-refractivity contribution is 7.99. The van der Waals surface area contributed by atoms with Gasteiger partial charge >= 0.3 is 0 Å². The van der Waals surface area contributed by atoms with Crippen LogP contribution >= 0.6 is 11.8 Å². The van der Waals surface area contributed by atoms with E-state index >= 15 is 0 Å². The first-order valence-electron chi connectivity index (χ1n) is 7.97. The first kappa shape index (κ1) is 17.6. The molecule has 0 aliphatic rings. The number of carbonyl (C=O) groups excluding carboxylic acids is 1. The van der Waals surface area contributed by atoms with Crippen LogP contribution in [0.1, 0.15) is 44.4 Å². The molecule has 1 aromatic carbocycles. The predicted octanol–water partition coefficient (Wildman–Crippen LogP) is 3.73. The van der Waals surface area contributed by atoms with Gasteiger partial charge in [-0.05, 0) is 36.6 Å². The van der Waals surface area contributed by atoms with Crippen LogP contribution in [0.25, 0.3) is 0 Å². The third-order valence-electron chi connectivity index (χ3n) is 3.53. The van der Waals surface area contributed by atoms with E-state index in [0.29, 0.717) is 11.7 Å². The topological polar surface area (TPSA) is 46.9 Å². The fraction of sp³-hybridized carbons (Fsp3) is 0.444. The van der Waals surface area contributed by atoms with E-state index in [-0.39, 0.29) is 11.9 Å². The summed E-state index contributed by atoms with van der Waals surface area (Å²) >= 11 is 1.85. The molecule has 0 fully saturated rings. The molecule has 5 heteroatoms. The van der Waals surface area contributed by atoms with Gasteiger partial charge in [-0.25, -0.2) is 0 Å². The highest BCUT2D eigenvalue weighted by Gasteiger charge is 2.10. The van der Waals surface area contributed by atoms with Crippen molar-refractivity contribution in [3.05, 3.63) is 47.8 Å². The summed E-state index contributed by atoms with van der Waals surface area (Å²) in [6.07, 6.45) is 4.96. The fourth-order valence-corrected chi connectivity index (χ4v) is 3.20. The lowest BCUT2D eigenvalue weighted by molar-refractivity contribution is -0.121. The van der Waals surface area contributed by atoms with Gasteiger partial charge in [0.05, 0.1) is 12.2 Å². The zero-order chi connectivity index (χ0) is 16.8. The number of aryl methyl sites for hydroxylation is 2. The lowest BCUT2D eigenvalue weighted by atomic mass is 10.1. The molecule has 0 saturated carbocycles. The van der Waals surface area contributed by atoms with Crippen molar-refractivity contribution in [3.8, 4) is 0 Å². The number of hydrogen-bond acceptors (Lipinski definition) is 3. The van der Waals surface area contributed by atoms with Gasteiger partial charge in [0.2, 0.25) is 5.91 Å². The normalized spacial score (nSPS) is 12.4. The molecule has 1 aromatic heterocycles. The van der Waals surface area contributed by atoms with E-state index in [1.54, 1.807) is 4.68 Å². The summed E-state index contributed by atoms with van der Waals surface area (Å²) in [4.78, 5) is 13.3. The van der Waals surface area contributed by atoms with Gasteiger partial charge in [-0.1, -0.05) is 26.0 Å². The fourth-order valence-electron chi connectivity index (χ4n) is 2.36. The van der Waals surface area contributed by atoms with E-state index in [1.165, 1.54) is 4.90 Å². The molecule has 4 nitrogen and oxygen atoms in total. The number of nitrogens with zero attached hydrogens (tertiary/aromatic N) is 2. The van der Waals surface area contributed by atoms with Crippen molar-refractivity contribution in [2.24, 2.45) is 7.05 Å². The Kier molecular flexibility index (Phi) is 6.28. The molecular weight excluding hydrogens is 306 g/mol. The van der Waals surface area contributed by atoms with Crippen molar-refractivity contribution < 1.29 is 4.79 Å². The minimum Gasteiger partial charge on any atom is -0.350 e. The van der Waals surface area contributed by atoms with Crippen molar-refractivity contribution in [2.45, 2.75) is 49.8 Å². The van der Waals surface area contributed by atoms with Crippen LogP contribution in [-0.4, -0.2) is 20.9 Å². The van der Waals surface area contributed by atoms with Crippen molar-refractivity contribution in [1.82, 2.24) is 15.1 Å². The monoisotopic (exact) mass is 331 g/mol. The number of thioether (sulfide) groups is 1. The molecule has 0 aliphatic carbocycles. The first-order valence-corrected chi connectivity index (χ1v) is 8.85. The Balaban J connectivity index is 1.83. The largest absolute Gasteiger partial charge is 0.350 e. The quantitative estimate of drug-likeness (QED) is 0.786. The Hall–Kier alpha value is -1.75. The van der Waals surface area contributed by atoms with Gasteiger partial charge in [0, 0.05) is 29.8 Å². The van der Waals surface area contributed by atoms with E-state index in [4.69, 9.17) is 0 Å². The third-order valence-corrected chi connectivity index (χ3v) is 4.54. The van der Waals surface area contributed by atoms with Crippen LogP contribution in [0.2, 0.25) is 0 Å². The van der Waals surface area contributed by atoms with Gasteiger partial charge < -0.3 is 5.32 Å². The van der Waals surface area contributed by atoms with E-state index < -0.39 is 0 Å². The van der Waals surface area contributed by atoms with Crippen LogP contribution in [0.4, 0.5) is 0 Å². The minimum absolute atomic E-state index is 0.0227. The van der Waals surface area contributed by atoms with Crippen LogP contribution in [0, 0.1) is 0 Å². The molecule has 0 spiro atoms. The molecular formula is C18H25N3OS. The minimum atomic E-state index is 0.0227. The molecule has 0 unspecified atom stereocenters. The maximum Gasteiger partial charge on any atom is 0.220 e. The van der Waals surface area contributed by atoms with E-state index in [1.807, 2.05) is 38.1 Å².